The van der Waals surface area contributed by atoms with E-state index in [0.717, 1.165) is 56.0 Å². The fraction of sp³-hybridized carbons (Fsp3) is 0.500. The van der Waals surface area contributed by atoms with Crippen LogP contribution in [0.4, 0.5) is 14.5 Å². The molecular weight excluding hydrogens is 504 g/mol. The Bertz CT molecular complexity index is 1380. The van der Waals surface area contributed by atoms with Gasteiger partial charge in [-0.2, -0.15) is 0 Å². The summed E-state index contributed by atoms with van der Waals surface area (Å²) in [5.74, 6) is 0.292. The summed E-state index contributed by atoms with van der Waals surface area (Å²) in [6, 6.07) is 1.68. The average molecular weight is 528 g/mol. The highest BCUT2D eigenvalue weighted by Crippen LogP contribution is 2.42. The van der Waals surface area contributed by atoms with Crippen LogP contribution in [-0.2, 0) is 14.8 Å². The molecular formula is C20H23F2N7O4S2. The van der Waals surface area contributed by atoms with E-state index in [2.05, 4.69) is 30.1 Å². The lowest BCUT2D eigenvalue weighted by Crippen LogP contribution is -2.71. The SMILES string of the molecule is CC1(NS(=O)(=O)c2cc(N3CC4(CNC4)C3)c3cnc(-c4nnc(C(F)F)s4)n3c2)CC1.O=CO. The molecule has 11 nitrogen and oxygen atoms in total. The van der Waals surface area contributed by atoms with Gasteiger partial charge in [0, 0.05) is 43.3 Å². The van der Waals surface area contributed by atoms with E-state index < -0.39 is 27.0 Å². The Hall–Kier alpha value is -2.75. The zero-order chi connectivity index (χ0) is 25.0. The van der Waals surface area contributed by atoms with Gasteiger partial charge in [0.15, 0.2) is 15.8 Å². The van der Waals surface area contributed by atoms with E-state index in [0.29, 0.717) is 11.3 Å². The molecule has 6 rings (SSSR count). The van der Waals surface area contributed by atoms with Crippen molar-refractivity contribution in [2.45, 2.75) is 36.6 Å². The van der Waals surface area contributed by atoms with E-state index in [1.807, 2.05) is 6.92 Å². The molecule has 15 heteroatoms. The highest BCUT2D eigenvalue weighted by Gasteiger charge is 2.48. The Labute approximate surface area is 203 Å². The molecule has 35 heavy (non-hydrogen) atoms. The average Bonchev–Trinajstić information content (AvgIpc) is 3.14. The topological polar surface area (TPSA) is 142 Å². The first kappa shape index (κ1) is 24.0. The number of fused-ring (bicyclic) bond motifs is 1. The number of nitrogens with zero attached hydrogens (tertiary/aromatic N) is 5. The minimum Gasteiger partial charge on any atom is -0.483 e. The lowest BCUT2D eigenvalue weighted by atomic mass is 9.74. The predicted octanol–water partition coefficient (Wildman–Crippen LogP) is 1.73. The second-order valence-corrected chi connectivity index (χ2v) is 12.1. The van der Waals surface area contributed by atoms with E-state index in [-0.39, 0.29) is 21.8 Å². The third kappa shape index (κ3) is 4.37. The molecule has 0 amide bonds. The van der Waals surface area contributed by atoms with Gasteiger partial charge in [-0.3, -0.25) is 9.20 Å². The fourth-order valence-corrected chi connectivity index (χ4v) is 6.51. The van der Waals surface area contributed by atoms with Crippen LogP contribution in [-0.4, -0.2) is 71.3 Å². The number of nitrogens with one attached hydrogen (secondary N) is 2. The summed E-state index contributed by atoms with van der Waals surface area (Å²) in [5.41, 5.74) is 1.27. The minimum absolute atomic E-state index is 0.110. The van der Waals surface area contributed by atoms with Crippen molar-refractivity contribution in [1.82, 2.24) is 29.6 Å². The van der Waals surface area contributed by atoms with Crippen LogP contribution in [0.2, 0.25) is 0 Å². The normalized spacial score (nSPS) is 19.7. The van der Waals surface area contributed by atoms with Crippen molar-refractivity contribution in [3.63, 3.8) is 0 Å². The van der Waals surface area contributed by atoms with Crippen LogP contribution in [0.15, 0.2) is 23.4 Å². The molecule has 1 aliphatic carbocycles. The van der Waals surface area contributed by atoms with Crippen molar-refractivity contribution in [1.29, 1.82) is 0 Å². The molecule has 0 atom stereocenters. The number of halogens is 2. The number of hydrogen-bond acceptors (Lipinski definition) is 9. The van der Waals surface area contributed by atoms with Gasteiger partial charge in [0.2, 0.25) is 10.0 Å². The number of pyridine rings is 1. The third-order valence-electron chi connectivity index (χ3n) is 6.50. The molecule has 1 spiro atoms. The van der Waals surface area contributed by atoms with E-state index >= 15 is 0 Å². The molecule has 2 saturated heterocycles. The maximum atomic E-state index is 13.2. The highest BCUT2D eigenvalue weighted by atomic mass is 32.2. The van der Waals surface area contributed by atoms with Crippen molar-refractivity contribution in [2.24, 2.45) is 5.41 Å². The number of aromatic nitrogens is 4. The first-order valence-corrected chi connectivity index (χ1v) is 13.1. The highest BCUT2D eigenvalue weighted by molar-refractivity contribution is 7.89. The number of carboxylic acid groups (broad SMARTS) is 1. The first-order chi connectivity index (χ1) is 16.6. The molecule has 3 fully saturated rings. The molecule has 0 bridgehead atoms. The van der Waals surface area contributed by atoms with Crippen LogP contribution < -0.4 is 14.9 Å². The van der Waals surface area contributed by atoms with Gasteiger partial charge in [0.05, 0.1) is 17.4 Å². The smallest absolute Gasteiger partial charge is 0.291 e. The van der Waals surface area contributed by atoms with Gasteiger partial charge in [0.1, 0.15) is 4.90 Å². The van der Waals surface area contributed by atoms with Crippen LogP contribution in [0.1, 0.15) is 31.2 Å². The Kier molecular flexibility index (Phi) is 5.77. The second-order valence-electron chi connectivity index (χ2n) is 9.38. The van der Waals surface area contributed by atoms with E-state index in [1.165, 1.54) is 6.20 Å². The number of imidazole rings is 1. The number of carbonyl (C=O) groups is 1. The summed E-state index contributed by atoms with van der Waals surface area (Å²) in [6.07, 6.45) is 1.97. The lowest BCUT2D eigenvalue weighted by molar-refractivity contribution is -0.122. The second kappa shape index (κ2) is 8.43. The first-order valence-electron chi connectivity index (χ1n) is 10.8. The van der Waals surface area contributed by atoms with Crippen LogP contribution in [0.25, 0.3) is 16.3 Å². The Morgan fingerprint density at radius 2 is 1.97 bits per heavy atom. The monoisotopic (exact) mass is 527 g/mol. The van der Waals surface area contributed by atoms with Crippen LogP contribution in [0.3, 0.4) is 0 Å². The summed E-state index contributed by atoms with van der Waals surface area (Å²) < 4.78 is 56.8. The van der Waals surface area contributed by atoms with E-state index in [1.54, 1.807) is 16.7 Å². The van der Waals surface area contributed by atoms with Gasteiger partial charge >= 0.3 is 0 Å². The maximum absolute atomic E-state index is 13.2. The van der Waals surface area contributed by atoms with Crippen LogP contribution >= 0.6 is 11.3 Å². The number of alkyl halides is 2. The number of hydrogen-bond donors (Lipinski definition) is 3. The quantitative estimate of drug-likeness (QED) is 0.409. The molecule has 5 heterocycles. The fourth-order valence-electron chi connectivity index (χ4n) is 4.33. The number of sulfonamides is 1. The molecule has 3 N–H and O–H groups in total. The molecule has 3 aromatic rings. The third-order valence-corrected chi connectivity index (χ3v) is 9.03. The summed E-state index contributed by atoms with van der Waals surface area (Å²) >= 11 is 0.751. The van der Waals surface area contributed by atoms with Crippen molar-refractivity contribution >= 4 is 39.0 Å². The van der Waals surface area contributed by atoms with Gasteiger partial charge in [0.25, 0.3) is 12.9 Å². The van der Waals surface area contributed by atoms with Crippen molar-refractivity contribution in [3.05, 3.63) is 23.5 Å². The number of anilines is 1. The van der Waals surface area contributed by atoms with Gasteiger partial charge in [-0.15, -0.1) is 10.2 Å². The largest absolute Gasteiger partial charge is 0.483 e. The van der Waals surface area contributed by atoms with Crippen molar-refractivity contribution < 1.29 is 27.1 Å². The van der Waals surface area contributed by atoms with Crippen molar-refractivity contribution in [2.75, 3.05) is 31.1 Å². The van der Waals surface area contributed by atoms with E-state index in [9.17, 15) is 17.2 Å². The maximum Gasteiger partial charge on any atom is 0.291 e. The van der Waals surface area contributed by atoms with Gasteiger partial charge in [-0.05, 0) is 25.8 Å². The lowest BCUT2D eigenvalue weighted by Gasteiger charge is -2.57. The standard InChI is InChI=1S/C19H21F2N7O2S2.CH2O2/c1-18(2-3-18)26-32(29,30)11-4-12(27-9-19(10-27)7-22-8-19)13-5-23-15(28(13)6-11)17-25-24-16(31-17)14(20)21;2-1-3/h4-6,14,22,26H,2-3,7-10H2,1H3;1H,(H,2,3). The Balaban J connectivity index is 0.000000806. The van der Waals surface area contributed by atoms with Crippen LogP contribution in [0, 0.1) is 5.41 Å². The zero-order valence-electron chi connectivity index (χ0n) is 18.6. The molecule has 2 aliphatic heterocycles. The molecule has 188 valence electrons. The summed E-state index contributed by atoms with van der Waals surface area (Å²) in [6.45, 7) is 5.16. The summed E-state index contributed by atoms with van der Waals surface area (Å²) in [4.78, 5) is 15.0. The molecule has 3 aromatic heterocycles. The Morgan fingerprint density at radius 3 is 2.51 bits per heavy atom. The molecule has 1 saturated carbocycles. The van der Waals surface area contributed by atoms with Gasteiger partial charge in [-0.25, -0.2) is 26.9 Å². The summed E-state index contributed by atoms with van der Waals surface area (Å²) in [7, 11) is -3.78. The Morgan fingerprint density at radius 1 is 1.29 bits per heavy atom. The van der Waals surface area contributed by atoms with Crippen molar-refractivity contribution in [3.8, 4) is 10.8 Å². The molecule has 3 aliphatic rings. The van der Waals surface area contributed by atoms with Gasteiger partial charge in [-0.1, -0.05) is 11.3 Å². The predicted molar refractivity (Wildman–Crippen MR) is 123 cm³/mol. The molecule has 0 aromatic carbocycles. The van der Waals surface area contributed by atoms with Crippen LogP contribution in [0.5, 0.6) is 0 Å². The molecule has 0 radical (unpaired) electrons. The minimum atomic E-state index is -3.78. The van der Waals surface area contributed by atoms with E-state index in [4.69, 9.17) is 9.90 Å². The number of rotatable bonds is 6. The van der Waals surface area contributed by atoms with Gasteiger partial charge < -0.3 is 15.3 Å². The zero-order valence-corrected chi connectivity index (χ0v) is 20.2. The summed E-state index contributed by atoms with van der Waals surface area (Å²) in [5, 5.41) is 17.4. The molecule has 0 unspecified atom stereocenters.